The van der Waals surface area contributed by atoms with Crippen molar-refractivity contribution < 1.29 is 28.7 Å². The number of carbonyl (C=O) groups excluding carboxylic acids is 4. The molecule has 2 rings (SSSR count). The van der Waals surface area contributed by atoms with E-state index in [4.69, 9.17) is 9.47 Å². The van der Waals surface area contributed by atoms with Crippen molar-refractivity contribution in [2.45, 2.75) is 91.1 Å². The summed E-state index contributed by atoms with van der Waals surface area (Å²) in [6, 6.07) is 6.84. The van der Waals surface area contributed by atoms with Gasteiger partial charge in [-0.3, -0.25) is 14.5 Å². The van der Waals surface area contributed by atoms with Crippen LogP contribution in [0.2, 0.25) is 0 Å². The van der Waals surface area contributed by atoms with Crippen LogP contribution in [0, 0.1) is 5.92 Å². The van der Waals surface area contributed by atoms with Gasteiger partial charge >= 0.3 is 12.1 Å². The summed E-state index contributed by atoms with van der Waals surface area (Å²) >= 11 is 0. The zero-order valence-electron chi connectivity index (χ0n) is 21.6. The van der Waals surface area contributed by atoms with Gasteiger partial charge in [-0.2, -0.15) is 0 Å². The molecule has 0 aliphatic carbocycles. The van der Waals surface area contributed by atoms with Crippen molar-refractivity contribution in [3.05, 3.63) is 35.9 Å². The zero-order valence-corrected chi connectivity index (χ0v) is 21.6. The van der Waals surface area contributed by atoms with Gasteiger partial charge in [0.2, 0.25) is 11.8 Å². The predicted octanol–water partition coefficient (Wildman–Crippen LogP) is 3.16. The van der Waals surface area contributed by atoms with E-state index in [2.05, 4.69) is 10.6 Å². The van der Waals surface area contributed by atoms with Crippen molar-refractivity contribution in [1.82, 2.24) is 15.5 Å². The number of esters is 1. The van der Waals surface area contributed by atoms with Crippen LogP contribution in [0.3, 0.4) is 0 Å². The first kappa shape index (κ1) is 28.1. The number of amides is 3. The monoisotopic (exact) mass is 489 g/mol. The first-order valence-electron chi connectivity index (χ1n) is 12.2. The zero-order chi connectivity index (χ0) is 26.2. The molecule has 1 saturated heterocycles. The second-order valence-electron chi connectivity index (χ2n) is 10.0. The summed E-state index contributed by atoms with van der Waals surface area (Å²) in [6.45, 7) is 11.1. The Kier molecular flexibility index (Phi) is 10.1. The molecule has 0 saturated carbocycles. The van der Waals surface area contributed by atoms with Crippen molar-refractivity contribution in [2.24, 2.45) is 5.92 Å². The molecule has 1 fully saturated rings. The summed E-state index contributed by atoms with van der Waals surface area (Å²) in [5, 5.41) is 5.41. The summed E-state index contributed by atoms with van der Waals surface area (Å²) in [5.41, 5.74) is 0.176. The van der Waals surface area contributed by atoms with Gasteiger partial charge in [0.25, 0.3) is 0 Å². The first-order valence-corrected chi connectivity index (χ1v) is 12.2. The Morgan fingerprint density at radius 3 is 2.34 bits per heavy atom. The predicted molar refractivity (Wildman–Crippen MR) is 131 cm³/mol. The number of benzene rings is 1. The Bertz CT molecular complexity index is 883. The summed E-state index contributed by atoms with van der Waals surface area (Å²) < 4.78 is 10.8. The number of ether oxygens (including phenoxy) is 2. The number of rotatable bonds is 9. The fourth-order valence-corrected chi connectivity index (χ4v) is 3.72. The molecule has 0 aromatic heterocycles. The number of hydrogen-bond donors (Lipinski definition) is 2. The van der Waals surface area contributed by atoms with E-state index in [1.165, 1.54) is 4.90 Å². The van der Waals surface area contributed by atoms with E-state index < -0.39 is 47.6 Å². The molecule has 1 aliphatic rings. The third-order valence-corrected chi connectivity index (χ3v) is 5.92. The standard InChI is InChI=1S/C26H39N3O6/c1-7-17(2)21(24(32)34-16-19-12-9-8-10-13-19)28-22(30)18(3)27-23(31)20-14-11-15-29(20)25(33)35-26(4,5)6/h8-10,12-13,17-18,20-21H,7,11,14-16H2,1-6H3,(H,27,31)(H,28,30)/t17-,18-,20-,21-/m0/s1. The molecule has 1 aromatic carbocycles. The van der Waals surface area contributed by atoms with Gasteiger partial charge in [-0.15, -0.1) is 0 Å². The van der Waals surface area contributed by atoms with Gasteiger partial charge in [0, 0.05) is 6.54 Å². The van der Waals surface area contributed by atoms with E-state index in [0.29, 0.717) is 25.8 Å². The lowest BCUT2D eigenvalue weighted by Crippen LogP contribution is -2.55. The largest absolute Gasteiger partial charge is 0.459 e. The molecular formula is C26H39N3O6. The van der Waals surface area contributed by atoms with E-state index in [0.717, 1.165) is 5.56 Å². The van der Waals surface area contributed by atoms with Crippen LogP contribution in [-0.2, 0) is 30.5 Å². The van der Waals surface area contributed by atoms with Gasteiger partial charge in [0.15, 0.2) is 0 Å². The maximum atomic E-state index is 12.9. The van der Waals surface area contributed by atoms with Crippen molar-refractivity contribution >= 4 is 23.9 Å². The molecule has 0 radical (unpaired) electrons. The normalized spacial score (nSPS) is 18.2. The lowest BCUT2D eigenvalue weighted by Gasteiger charge is -2.29. The minimum absolute atomic E-state index is 0.108. The maximum absolute atomic E-state index is 12.9. The summed E-state index contributed by atoms with van der Waals surface area (Å²) in [4.78, 5) is 52.4. The van der Waals surface area contributed by atoms with Crippen molar-refractivity contribution in [3.63, 3.8) is 0 Å². The highest BCUT2D eigenvalue weighted by molar-refractivity contribution is 5.93. The fraction of sp³-hybridized carbons (Fsp3) is 0.615. The van der Waals surface area contributed by atoms with Crippen LogP contribution in [0.1, 0.15) is 66.4 Å². The molecule has 1 aliphatic heterocycles. The van der Waals surface area contributed by atoms with Crippen LogP contribution >= 0.6 is 0 Å². The minimum atomic E-state index is -0.905. The van der Waals surface area contributed by atoms with Crippen molar-refractivity contribution in [3.8, 4) is 0 Å². The lowest BCUT2D eigenvalue weighted by atomic mass is 9.99. The topological polar surface area (TPSA) is 114 Å². The molecule has 9 heteroatoms. The van der Waals surface area contributed by atoms with Crippen LogP contribution in [0.15, 0.2) is 30.3 Å². The molecule has 1 aromatic rings. The van der Waals surface area contributed by atoms with Gasteiger partial charge in [0.1, 0.15) is 30.3 Å². The van der Waals surface area contributed by atoms with Crippen LogP contribution in [0.4, 0.5) is 4.79 Å². The Labute approximate surface area is 207 Å². The van der Waals surface area contributed by atoms with Gasteiger partial charge in [-0.25, -0.2) is 9.59 Å². The Balaban J connectivity index is 1.96. The molecule has 194 valence electrons. The number of hydrogen-bond acceptors (Lipinski definition) is 6. The summed E-state index contributed by atoms with van der Waals surface area (Å²) in [7, 11) is 0. The SMILES string of the molecule is CC[C@H](C)[C@H](NC(=O)[C@H](C)NC(=O)[C@@H]1CCCN1C(=O)OC(C)(C)C)C(=O)OCc1ccccc1. The maximum Gasteiger partial charge on any atom is 0.410 e. The van der Waals surface area contributed by atoms with E-state index >= 15 is 0 Å². The molecule has 4 atom stereocenters. The molecule has 0 unspecified atom stereocenters. The van der Waals surface area contributed by atoms with Gasteiger partial charge in [-0.1, -0.05) is 50.6 Å². The third kappa shape index (κ3) is 8.56. The fourth-order valence-electron chi connectivity index (χ4n) is 3.72. The van der Waals surface area contributed by atoms with Gasteiger partial charge in [0.05, 0.1) is 0 Å². The Morgan fingerprint density at radius 2 is 1.74 bits per heavy atom. The van der Waals surface area contributed by atoms with E-state index in [-0.39, 0.29) is 12.5 Å². The highest BCUT2D eigenvalue weighted by Crippen LogP contribution is 2.21. The molecule has 0 spiro atoms. The van der Waals surface area contributed by atoms with E-state index in [1.54, 1.807) is 27.7 Å². The van der Waals surface area contributed by atoms with Crippen LogP contribution < -0.4 is 10.6 Å². The van der Waals surface area contributed by atoms with Crippen LogP contribution in [-0.4, -0.2) is 59.0 Å². The highest BCUT2D eigenvalue weighted by atomic mass is 16.6. The minimum Gasteiger partial charge on any atom is -0.459 e. The lowest BCUT2D eigenvalue weighted by molar-refractivity contribution is -0.151. The van der Waals surface area contributed by atoms with Crippen LogP contribution in [0.25, 0.3) is 0 Å². The summed E-state index contributed by atoms with van der Waals surface area (Å²) in [5.74, 6) is -1.62. The molecule has 2 N–H and O–H groups in total. The molecule has 1 heterocycles. The molecule has 0 bridgehead atoms. The third-order valence-electron chi connectivity index (χ3n) is 5.92. The van der Waals surface area contributed by atoms with Crippen LogP contribution in [0.5, 0.6) is 0 Å². The van der Waals surface area contributed by atoms with Crippen molar-refractivity contribution in [1.29, 1.82) is 0 Å². The number of nitrogens with one attached hydrogen (secondary N) is 2. The first-order chi connectivity index (χ1) is 16.4. The second kappa shape index (κ2) is 12.6. The number of likely N-dealkylation sites (tertiary alicyclic amines) is 1. The summed E-state index contributed by atoms with van der Waals surface area (Å²) in [6.07, 6.45) is 1.26. The molecular weight excluding hydrogens is 450 g/mol. The smallest absolute Gasteiger partial charge is 0.410 e. The highest BCUT2D eigenvalue weighted by Gasteiger charge is 2.38. The average molecular weight is 490 g/mol. The van der Waals surface area contributed by atoms with Gasteiger partial charge in [-0.05, 0) is 52.0 Å². The number of carbonyl (C=O) groups is 4. The number of nitrogens with zero attached hydrogens (tertiary/aromatic N) is 1. The quantitative estimate of drug-likeness (QED) is 0.515. The van der Waals surface area contributed by atoms with E-state index in [1.807, 2.05) is 44.2 Å². The average Bonchev–Trinajstić information content (AvgIpc) is 3.30. The van der Waals surface area contributed by atoms with E-state index in [9.17, 15) is 19.2 Å². The Morgan fingerprint density at radius 1 is 1.09 bits per heavy atom. The Hall–Kier alpha value is -3.10. The van der Waals surface area contributed by atoms with Gasteiger partial charge < -0.3 is 20.1 Å². The molecule has 3 amide bonds. The van der Waals surface area contributed by atoms with Crippen molar-refractivity contribution in [2.75, 3.05) is 6.54 Å². The molecule has 9 nitrogen and oxygen atoms in total. The molecule has 35 heavy (non-hydrogen) atoms. The second-order valence-corrected chi connectivity index (χ2v) is 10.0.